The van der Waals surface area contributed by atoms with E-state index in [0.717, 1.165) is 19.3 Å². The van der Waals surface area contributed by atoms with E-state index >= 15 is 0 Å². The van der Waals surface area contributed by atoms with Crippen LogP contribution in [0.15, 0.2) is 0 Å². The summed E-state index contributed by atoms with van der Waals surface area (Å²) in [5, 5.41) is 18.4. The van der Waals surface area contributed by atoms with Crippen molar-refractivity contribution >= 4 is 0 Å². The van der Waals surface area contributed by atoms with Gasteiger partial charge in [0.1, 0.15) is 0 Å². The molecule has 0 aliphatic rings. The molecule has 86 valence electrons. The van der Waals surface area contributed by atoms with Gasteiger partial charge in [0.05, 0.1) is 0 Å². The average Bonchev–Trinajstić information content (AvgIpc) is 2.13. The van der Waals surface area contributed by atoms with Crippen molar-refractivity contribution in [3.63, 3.8) is 0 Å². The monoisotopic (exact) mass is 206 g/mol. The first kappa shape index (κ1) is 13.8. The summed E-state index contributed by atoms with van der Waals surface area (Å²) in [7, 11) is 0. The molecule has 2 unspecified atom stereocenters. The van der Waals surface area contributed by atoms with Crippen molar-refractivity contribution in [1.29, 1.82) is 0 Å². The summed E-state index contributed by atoms with van der Waals surface area (Å²) < 4.78 is 9.93. The van der Waals surface area contributed by atoms with Crippen LogP contribution < -0.4 is 0 Å². The van der Waals surface area contributed by atoms with Gasteiger partial charge in [0.15, 0.2) is 12.6 Å². The summed E-state index contributed by atoms with van der Waals surface area (Å²) in [5.41, 5.74) is 0. The fourth-order valence-corrected chi connectivity index (χ4v) is 1.07. The Labute approximate surface area is 85.8 Å². The van der Waals surface area contributed by atoms with Gasteiger partial charge in [0.2, 0.25) is 0 Å². The van der Waals surface area contributed by atoms with Gasteiger partial charge in [-0.25, -0.2) is 0 Å². The van der Waals surface area contributed by atoms with Crippen molar-refractivity contribution in [2.45, 2.75) is 52.1 Å². The Bertz CT molecular complexity index is 119. The van der Waals surface area contributed by atoms with Gasteiger partial charge in [-0.1, -0.05) is 19.8 Å². The van der Waals surface area contributed by atoms with E-state index < -0.39 is 12.6 Å². The molecule has 0 bridgehead atoms. The molecule has 0 amide bonds. The normalized spacial score (nSPS) is 15.4. The summed E-state index contributed by atoms with van der Waals surface area (Å²) in [5.74, 6) is 0. The molecule has 0 spiro atoms. The maximum Gasteiger partial charge on any atom is 0.159 e. The summed E-state index contributed by atoms with van der Waals surface area (Å²) in [6.07, 6.45) is 1.43. The van der Waals surface area contributed by atoms with E-state index in [2.05, 4.69) is 6.92 Å². The molecule has 0 aromatic rings. The fraction of sp³-hybridized carbons (Fsp3) is 1.00. The molecule has 0 saturated carbocycles. The van der Waals surface area contributed by atoms with E-state index in [1.807, 2.05) is 0 Å². The van der Waals surface area contributed by atoms with E-state index in [0.29, 0.717) is 13.2 Å². The minimum atomic E-state index is -0.929. The predicted octanol–water partition coefficient (Wildman–Crippen LogP) is 1.26. The van der Waals surface area contributed by atoms with E-state index in [9.17, 15) is 5.11 Å². The summed E-state index contributed by atoms with van der Waals surface area (Å²) >= 11 is 0. The standard InChI is InChI=1S/C10H22O4/c1-3-5-6-7-14-10(12)8-9(11)13-4-2/h9-12H,3-8H2,1-2H3. The topological polar surface area (TPSA) is 58.9 Å². The lowest BCUT2D eigenvalue weighted by Crippen LogP contribution is -2.23. The number of hydrogen-bond acceptors (Lipinski definition) is 4. The zero-order chi connectivity index (χ0) is 10.8. The molecule has 0 heterocycles. The Morgan fingerprint density at radius 1 is 1.00 bits per heavy atom. The highest BCUT2D eigenvalue weighted by atomic mass is 16.6. The van der Waals surface area contributed by atoms with E-state index in [1.165, 1.54) is 0 Å². The third-order valence-electron chi connectivity index (χ3n) is 1.82. The molecule has 0 saturated heterocycles. The first-order valence-corrected chi connectivity index (χ1v) is 5.30. The van der Waals surface area contributed by atoms with Gasteiger partial charge in [0.25, 0.3) is 0 Å². The van der Waals surface area contributed by atoms with E-state index in [1.54, 1.807) is 6.92 Å². The van der Waals surface area contributed by atoms with Crippen LogP contribution in [0.5, 0.6) is 0 Å². The van der Waals surface area contributed by atoms with E-state index in [-0.39, 0.29) is 6.42 Å². The first-order valence-electron chi connectivity index (χ1n) is 5.30. The highest BCUT2D eigenvalue weighted by Gasteiger charge is 2.11. The van der Waals surface area contributed by atoms with Crippen molar-refractivity contribution in [2.24, 2.45) is 0 Å². The minimum Gasteiger partial charge on any atom is -0.368 e. The van der Waals surface area contributed by atoms with Crippen LogP contribution in [0.3, 0.4) is 0 Å². The molecule has 0 aliphatic heterocycles. The Morgan fingerprint density at radius 3 is 2.21 bits per heavy atom. The Balaban J connectivity index is 3.30. The minimum absolute atomic E-state index is 0.111. The lowest BCUT2D eigenvalue weighted by molar-refractivity contribution is -0.174. The highest BCUT2D eigenvalue weighted by molar-refractivity contribution is 4.46. The van der Waals surface area contributed by atoms with Crippen molar-refractivity contribution in [1.82, 2.24) is 0 Å². The SMILES string of the molecule is CCCCCOC(O)CC(O)OCC. The molecule has 4 heteroatoms. The molecular formula is C10H22O4. The summed E-state index contributed by atoms with van der Waals surface area (Å²) in [4.78, 5) is 0. The summed E-state index contributed by atoms with van der Waals surface area (Å²) in [6.45, 7) is 4.87. The molecule has 0 aliphatic carbocycles. The fourth-order valence-electron chi connectivity index (χ4n) is 1.07. The van der Waals surface area contributed by atoms with E-state index in [4.69, 9.17) is 14.6 Å². The van der Waals surface area contributed by atoms with Crippen LogP contribution in [-0.2, 0) is 9.47 Å². The Kier molecular flexibility index (Phi) is 9.29. The smallest absolute Gasteiger partial charge is 0.159 e. The van der Waals surface area contributed by atoms with Crippen molar-refractivity contribution in [2.75, 3.05) is 13.2 Å². The van der Waals surface area contributed by atoms with Gasteiger partial charge < -0.3 is 19.7 Å². The third-order valence-corrected chi connectivity index (χ3v) is 1.82. The molecular weight excluding hydrogens is 184 g/mol. The molecule has 4 nitrogen and oxygen atoms in total. The average molecular weight is 206 g/mol. The van der Waals surface area contributed by atoms with Crippen LogP contribution in [-0.4, -0.2) is 36.0 Å². The van der Waals surface area contributed by atoms with Crippen molar-refractivity contribution in [3.8, 4) is 0 Å². The number of unbranched alkanes of at least 4 members (excludes halogenated alkanes) is 2. The quantitative estimate of drug-likeness (QED) is 0.440. The second-order valence-corrected chi connectivity index (χ2v) is 3.18. The summed E-state index contributed by atoms with van der Waals surface area (Å²) in [6, 6.07) is 0. The van der Waals surface area contributed by atoms with Gasteiger partial charge in [0, 0.05) is 19.6 Å². The number of aliphatic hydroxyl groups excluding tert-OH is 2. The number of hydrogen-bond donors (Lipinski definition) is 2. The van der Waals surface area contributed by atoms with Crippen LogP contribution >= 0.6 is 0 Å². The van der Waals surface area contributed by atoms with Crippen LogP contribution in [0.4, 0.5) is 0 Å². The highest BCUT2D eigenvalue weighted by Crippen LogP contribution is 2.03. The van der Waals surface area contributed by atoms with Crippen LogP contribution in [0, 0.1) is 0 Å². The largest absolute Gasteiger partial charge is 0.368 e. The van der Waals surface area contributed by atoms with Gasteiger partial charge in [-0.3, -0.25) is 0 Å². The van der Waals surface area contributed by atoms with Crippen molar-refractivity contribution < 1.29 is 19.7 Å². The first-order chi connectivity index (χ1) is 6.70. The molecule has 14 heavy (non-hydrogen) atoms. The van der Waals surface area contributed by atoms with Gasteiger partial charge in [-0.15, -0.1) is 0 Å². The number of aliphatic hydroxyl groups is 2. The number of rotatable bonds is 9. The molecule has 0 aromatic heterocycles. The van der Waals surface area contributed by atoms with Crippen molar-refractivity contribution in [3.05, 3.63) is 0 Å². The van der Waals surface area contributed by atoms with Gasteiger partial charge >= 0.3 is 0 Å². The lowest BCUT2D eigenvalue weighted by Gasteiger charge is -2.15. The molecule has 2 atom stereocenters. The molecule has 0 aromatic carbocycles. The van der Waals surface area contributed by atoms with Crippen LogP contribution in [0.1, 0.15) is 39.5 Å². The predicted molar refractivity (Wildman–Crippen MR) is 53.7 cm³/mol. The third kappa shape index (κ3) is 8.44. The molecule has 0 radical (unpaired) electrons. The van der Waals surface area contributed by atoms with Gasteiger partial charge in [-0.05, 0) is 13.3 Å². The maximum absolute atomic E-state index is 9.28. The zero-order valence-corrected chi connectivity index (χ0v) is 9.11. The second-order valence-electron chi connectivity index (χ2n) is 3.18. The van der Waals surface area contributed by atoms with Crippen LogP contribution in [0.25, 0.3) is 0 Å². The zero-order valence-electron chi connectivity index (χ0n) is 9.11. The molecule has 0 fully saturated rings. The Hall–Kier alpha value is -0.160. The van der Waals surface area contributed by atoms with Crippen LogP contribution in [0.2, 0.25) is 0 Å². The lowest BCUT2D eigenvalue weighted by atomic mass is 10.3. The molecule has 2 N–H and O–H groups in total. The van der Waals surface area contributed by atoms with Gasteiger partial charge in [-0.2, -0.15) is 0 Å². The second kappa shape index (κ2) is 9.40. The Morgan fingerprint density at radius 2 is 1.64 bits per heavy atom. The maximum atomic E-state index is 9.28. The molecule has 0 rings (SSSR count). The number of ether oxygens (including phenoxy) is 2.